The van der Waals surface area contributed by atoms with Gasteiger partial charge in [-0.25, -0.2) is 4.79 Å². The van der Waals surface area contributed by atoms with Gasteiger partial charge in [-0.15, -0.1) is 0 Å². The molecule has 0 unspecified atom stereocenters. The van der Waals surface area contributed by atoms with Crippen LogP contribution in [0.2, 0.25) is 0 Å². The van der Waals surface area contributed by atoms with Gasteiger partial charge in [0.2, 0.25) is 0 Å². The van der Waals surface area contributed by atoms with Gasteiger partial charge in [0.05, 0.1) is 11.6 Å². The Morgan fingerprint density at radius 3 is 2.48 bits per heavy atom. The van der Waals surface area contributed by atoms with Crippen LogP contribution in [0.4, 0.5) is 0 Å². The molecule has 1 aromatic heterocycles. The van der Waals surface area contributed by atoms with E-state index in [1.165, 1.54) is 35.7 Å². The van der Waals surface area contributed by atoms with Crippen molar-refractivity contribution in [1.29, 1.82) is 0 Å². The van der Waals surface area contributed by atoms with Crippen LogP contribution in [0.15, 0.2) is 42.7 Å². The third kappa shape index (κ3) is 4.64. The van der Waals surface area contributed by atoms with E-state index in [0.717, 1.165) is 5.56 Å². The number of pyridine rings is 1. The topological polar surface area (TPSA) is 68.3 Å². The van der Waals surface area contributed by atoms with E-state index in [1.807, 2.05) is 39.0 Å². The molecule has 1 N–H and O–H groups in total. The van der Waals surface area contributed by atoms with E-state index in [9.17, 15) is 9.59 Å². The highest BCUT2D eigenvalue weighted by molar-refractivity contribution is 5.91. The molecule has 0 saturated heterocycles. The van der Waals surface area contributed by atoms with Crippen molar-refractivity contribution in [3.05, 3.63) is 65.0 Å². The number of hydrogen-bond donors (Lipinski definition) is 1. The highest BCUT2D eigenvalue weighted by atomic mass is 16.5. The number of rotatable bonds is 5. The van der Waals surface area contributed by atoms with Gasteiger partial charge < -0.3 is 10.1 Å². The first-order valence-corrected chi connectivity index (χ1v) is 7.41. The summed E-state index contributed by atoms with van der Waals surface area (Å²) in [6.07, 6.45) is 3.00. The Morgan fingerprint density at radius 2 is 1.83 bits per heavy atom. The average molecular weight is 312 g/mol. The van der Waals surface area contributed by atoms with Crippen LogP contribution in [-0.4, -0.2) is 23.5 Å². The number of nitrogens with zero attached hydrogens (tertiary/aromatic N) is 1. The molecule has 0 radical (unpaired) electrons. The van der Waals surface area contributed by atoms with Crippen LogP contribution in [0, 0.1) is 13.8 Å². The fourth-order valence-electron chi connectivity index (χ4n) is 2.10. The number of ether oxygens (including phenoxy) is 1. The Kier molecular flexibility index (Phi) is 5.46. The van der Waals surface area contributed by atoms with E-state index in [1.54, 1.807) is 0 Å². The molecule has 0 saturated carbocycles. The summed E-state index contributed by atoms with van der Waals surface area (Å²) >= 11 is 0. The van der Waals surface area contributed by atoms with Gasteiger partial charge in [0, 0.05) is 12.4 Å². The molecular formula is C18H20N2O3. The lowest BCUT2D eigenvalue weighted by Gasteiger charge is -2.15. The summed E-state index contributed by atoms with van der Waals surface area (Å²) in [5.41, 5.74) is 3.77. The number of carbonyl (C=O) groups is 2. The Bertz CT molecular complexity index is 699. The summed E-state index contributed by atoms with van der Waals surface area (Å²) in [4.78, 5) is 27.5. The fourth-order valence-corrected chi connectivity index (χ4v) is 2.10. The predicted octanol–water partition coefficient (Wildman–Crippen LogP) is 2.73. The van der Waals surface area contributed by atoms with Crippen LogP contribution in [0.3, 0.4) is 0 Å². The van der Waals surface area contributed by atoms with E-state index in [-0.39, 0.29) is 18.6 Å². The van der Waals surface area contributed by atoms with Gasteiger partial charge in [0.15, 0.2) is 6.61 Å². The molecule has 23 heavy (non-hydrogen) atoms. The zero-order chi connectivity index (χ0) is 16.8. The van der Waals surface area contributed by atoms with Crippen molar-refractivity contribution < 1.29 is 14.3 Å². The van der Waals surface area contributed by atoms with Gasteiger partial charge in [-0.3, -0.25) is 9.78 Å². The first kappa shape index (κ1) is 16.7. The molecule has 1 aromatic carbocycles. The van der Waals surface area contributed by atoms with E-state index < -0.39 is 5.97 Å². The van der Waals surface area contributed by atoms with Crippen molar-refractivity contribution in [3.63, 3.8) is 0 Å². The smallest absolute Gasteiger partial charge is 0.338 e. The number of aryl methyl sites for hydroxylation is 2. The number of esters is 1. The Hall–Kier alpha value is -2.69. The fraction of sp³-hybridized carbons (Fsp3) is 0.278. The number of hydrogen-bond acceptors (Lipinski definition) is 4. The highest BCUT2D eigenvalue weighted by Gasteiger charge is 2.13. The van der Waals surface area contributed by atoms with Gasteiger partial charge in [-0.05, 0) is 49.6 Å². The van der Waals surface area contributed by atoms with E-state index in [2.05, 4.69) is 10.3 Å². The molecule has 120 valence electrons. The zero-order valence-electron chi connectivity index (χ0n) is 13.5. The van der Waals surface area contributed by atoms with E-state index in [0.29, 0.717) is 5.56 Å². The minimum absolute atomic E-state index is 0.151. The van der Waals surface area contributed by atoms with Crippen molar-refractivity contribution in [1.82, 2.24) is 10.3 Å². The van der Waals surface area contributed by atoms with Crippen LogP contribution in [0.5, 0.6) is 0 Å². The molecule has 0 aliphatic heterocycles. The van der Waals surface area contributed by atoms with Crippen molar-refractivity contribution in [2.45, 2.75) is 26.8 Å². The van der Waals surface area contributed by atoms with Gasteiger partial charge in [-0.1, -0.05) is 18.2 Å². The van der Waals surface area contributed by atoms with Crippen molar-refractivity contribution in [2.24, 2.45) is 0 Å². The minimum Gasteiger partial charge on any atom is -0.452 e. The second-order valence-corrected chi connectivity index (χ2v) is 5.44. The minimum atomic E-state index is -0.540. The summed E-state index contributed by atoms with van der Waals surface area (Å²) in [5, 5.41) is 2.82. The van der Waals surface area contributed by atoms with Crippen molar-refractivity contribution >= 4 is 11.9 Å². The molecule has 0 aliphatic rings. The summed E-state index contributed by atoms with van der Waals surface area (Å²) in [6, 6.07) is 8.98. The van der Waals surface area contributed by atoms with E-state index in [4.69, 9.17) is 4.74 Å². The lowest BCUT2D eigenvalue weighted by atomic mass is 10.0. The number of amides is 1. The molecule has 1 atom stereocenters. The Balaban J connectivity index is 1.87. The molecule has 5 nitrogen and oxygen atoms in total. The van der Waals surface area contributed by atoms with Crippen LogP contribution in [0.1, 0.15) is 40.0 Å². The van der Waals surface area contributed by atoms with Crippen LogP contribution < -0.4 is 5.32 Å². The molecule has 1 heterocycles. The molecule has 0 bridgehead atoms. The predicted molar refractivity (Wildman–Crippen MR) is 87.0 cm³/mol. The molecular weight excluding hydrogens is 292 g/mol. The number of aromatic nitrogens is 1. The number of nitrogens with one attached hydrogen (secondary N) is 1. The Morgan fingerprint density at radius 1 is 1.13 bits per heavy atom. The summed E-state index contributed by atoms with van der Waals surface area (Å²) in [7, 11) is 0. The number of carbonyl (C=O) groups excluding carboxylic acids is 2. The van der Waals surface area contributed by atoms with E-state index >= 15 is 0 Å². The van der Waals surface area contributed by atoms with Crippen LogP contribution >= 0.6 is 0 Å². The lowest BCUT2D eigenvalue weighted by Crippen LogP contribution is -2.31. The summed E-state index contributed by atoms with van der Waals surface area (Å²) in [5.74, 6) is -0.875. The highest BCUT2D eigenvalue weighted by Crippen LogP contribution is 2.16. The van der Waals surface area contributed by atoms with Gasteiger partial charge in [-0.2, -0.15) is 0 Å². The van der Waals surface area contributed by atoms with Gasteiger partial charge in [0.1, 0.15) is 0 Å². The maximum absolute atomic E-state index is 11.9. The van der Waals surface area contributed by atoms with Crippen LogP contribution in [-0.2, 0) is 9.53 Å². The quantitative estimate of drug-likeness (QED) is 0.862. The molecule has 0 spiro atoms. The van der Waals surface area contributed by atoms with Crippen molar-refractivity contribution in [3.8, 4) is 0 Å². The zero-order valence-corrected chi connectivity index (χ0v) is 13.5. The average Bonchev–Trinajstić information content (AvgIpc) is 2.55. The standard InChI is InChI=1S/C18H20N2O3/c1-12-4-5-16(10-13(12)2)14(3)20-17(21)11-23-18(22)15-6-8-19-9-7-15/h4-10,14H,11H2,1-3H3,(H,20,21)/t14-/m1/s1. The first-order chi connectivity index (χ1) is 11.0. The molecule has 1 amide bonds. The molecule has 0 aliphatic carbocycles. The number of benzene rings is 1. The SMILES string of the molecule is Cc1ccc([C@@H](C)NC(=O)COC(=O)c2ccncc2)cc1C. The second kappa shape index (κ2) is 7.54. The molecule has 2 rings (SSSR count). The maximum atomic E-state index is 11.9. The third-order valence-electron chi connectivity index (χ3n) is 3.66. The van der Waals surface area contributed by atoms with Gasteiger partial charge >= 0.3 is 5.97 Å². The molecule has 2 aromatic rings. The Labute approximate surface area is 135 Å². The lowest BCUT2D eigenvalue weighted by molar-refractivity contribution is -0.124. The third-order valence-corrected chi connectivity index (χ3v) is 3.66. The monoisotopic (exact) mass is 312 g/mol. The summed E-state index contributed by atoms with van der Waals surface area (Å²) < 4.78 is 4.99. The first-order valence-electron chi connectivity index (χ1n) is 7.41. The summed E-state index contributed by atoms with van der Waals surface area (Å²) in [6.45, 7) is 5.66. The second-order valence-electron chi connectivity index (χ2n) is 5.44. The van der Waals surface area contributed by atoms with Gasteiger partial charge in [0.25, 0.3) is 5.91 Å². The van der Waals surface area contributed by atoms with Crippen molar-refractivity contribution in [2.75, 3.05) is 6.61 Å². The molecule has 5 heteroatoms. The van der Waals surface area contributed by atoms with Crippen LogP contribution in [0.25, 0.3) is 0 Å². The molecule has 0 fully saturated rings. The maximum Gasteiger partial charge on any atom is 0.338 e. The normalized spacial score (nSPS) is 11.6. The largest absolute Gasteiger partial charge is 0.452 e.